The normalized spacial score (nSPS) is 11.1. The third-order valence-corrected chi connectivity index (χ3v) is 6.06. The van der Waals surface area contributed by atoms with E-state index in [2.05, 4.69) is 5.32 Å². The Morgan fingerprint density at radius 2 is 1.79 bits per heavy atom. The number of anilines is 1. The van der Waals surface area contributed by atoms with Crippen LogP contribution in [0, 0.1) is 0 Å². The quantitative estimate of drug-likeness (QED) is 0.691. The van der Waals surface area contributed by atoms with E-state index in [0.717, 1.165) is 0 Å². The first-order valence-electron chi connectivity index (χ1n) is 8.40. The molecule has 28 heavy (non-hydrogen) atoms. The molecule has 2 aromatic rings. The molecular formula is C19H22N2O6S. The third kappa shape index (κ3) is 4.80. The van der Waals surface area contributed by atoms with Crippen molar-refractivity contribution in [2.24, 2.45) is 5.73 Å². The molecule has 0 fully saturated rings. The summed E-state index contributed by atoms with van der Waals surface area (Å²) in [6.07, 6.45) is 0. The van der Waals surface area contributed by atoms with Crippen molar-refractivity contribution in [2.75, 3.05) is 19.0 Å². The number of hydrogen-bond acceptors (Lipinski definition) is 6. The van der Waals surface area contributed by atoms with Gasteiger partial charge in [0.2, 0.25) is 0 Å². The van der Waals surface area contributed by atoms with E-state index < -0.39 is 26.9 Å². The number of ether oxygens (including phenoxy) is 2. The van der Waals surface area contributed by atoms with Crippen LogP contribution in [0.1, 0.15) is 24.2 Å². The number of amides is 2. The number of primary amides is 1. The lowest BCUT2D eigenvalue weighted by molar-refractivity contribution is -0.119. The van der Waals surface area contributed by atoms with Crippen LogP contribution >= 0.6 is 0 Å². The van der Waals surface area contributed by atoms with Gasteiger partial charge in [-0.2, -0.15) is 0 Å². The lowest BCUT2D eigenvalue weighted by atomic mass is 10.2. The van der Waals surface area contributed by atoms with Gasteiger partial charge in [0.15, 0.2) is 27.9 Å². The van der Waals surface area contributed by atoms with E-state index in [9.17, 15) is 18.0 Å². The summed E-state index contributed by atoms with van der Waals surface area (Å²) in [6.45, 7) is 2.74. The van der Waals surface area contributed by atoms with Gasteiger partial charge in [0, 0.05) is 11.8 Å². The fraction of sp³-hybridized carbons (Fsp3) is 0.263. The van der Waals surface area contributed by atoms with Gasteiger partial charge in [0.05, 0.1) is 22.8 Å². The Kier molecular flexibility index (Phi) is 6.63. The number of methoxy groups -OCH3 is 1. The van der Waals surface area contributed by atoms with Crippen molar-refractivity contribution >= 4 is 27.3 Å². The van der Waals surface area contributed by atoms with Crippen molar-refractivity contribution in [3.63, 3.8) is 0 Å². The maximum Gasteiger partial charge on any atom is 0.256 e. The summed E-state index contributed by atoms with van der Waals surface area (Å²) in [5.41, 5.74) is 5.45. The summed E-state index contributed by atoms with van der Waals surface area (Å²) in [7, 11) is -2.21. The van der Waals surface area contributed by atoms with Crippen LogP contribution in [0.25, 0.3) is 0 Å². The summed E-state index contributed by atoms with van der Waals surface area (Å²) in [4.78, 5) is 23.6. The molecule has 150 valence electrons. The number of nitrogens with two attached hydrogens (primary N) is 1. The van der Waals surface area contributed by atoms with E-state index in [1.807, 2.05) is 0 Å². The predicted molar refractivity (Wildman–Crippen MR) is 104 cm³/mol. The molecule has 9 heteroatoms. The zero-order valence-corrected chi connectivity index (χ0v) is 16.6. The minimum atomic E-state index is -3.64. The maximum atomic E-state index is 12.7. The molecule has 0 aromatic heterocycles. The molecule has 2 rings (SSSR count). The molecular weight excluding hydrogens is 384 g/mol. The fourth-order valence-electron chi connectivity index (χ4n) is 2.37. The van der Waals surface area contributed by atoms with Gasteiger partial charge in [-0.05, 0) is 38.1 Å². The smallest absolute Gasteiger partial charge is 0.256 e. The Balaban J connectivity index is 2.34. The molecule has 0 radical (unpaired) electrons. The zero-order valence-electron chi connectivity index (χ0n) is 15.8. The average Bonchev–Trinajstić information content (AvgIpc) is 2.66. The third-order valence-electron chi connectivity index (χ3n) is 3.85. The number of rotatable bonds is 8. The highest BCUT2D eigenvalue weighted by Gasteiger charge is 2.25. The van der Waals surface area contributed by atoms with Gasteiger partial charge in [-0.25, -0.2) is 8.42 Å². The number of carbonyl (C=O) groups is 2. The van der Waals surface area contributed by atoms with Crippen molar-refractivity contribution in [3.05, 3.63) is 48.0 Å². The molecule has 0 aliphatic heterocycles. The van der Waals surface area contributed by atoms with Crippen LogP contribution in [0.4, 0.5) is 5.69 Å². The fourth-order valence-corrected chi connectivity index (χ4v) is 3.61. The average molecular weight is 406 g/mol. The van der Waals surface area contributed by atoms with E-state index in [1.54, 1.807) is 38.1 Å². The number of hydrogen-bond donors (Lipinski definition) is 2. The van der Waals surface area contributed by atoms with Gasteiger partial charge in [-0.15, -0.1) is 0 Å². The Morgan fingerprint density at radius 3 is 2.39 bits per heavy atom. The van der Waals surface area contributed by atoms with E-state index in [-0.39, 0.29) is 22.8 Å². The molecule has 0 spiro atoms. The molecule has 0 heterocycles. The highest BCUT2D eigenvalue weighted by molar-refractivity contribution is 7.92. The first-order chi connectivity index (χ1) is 13.2. The topological polar surface area (TPSA) is 125 Å². The van der Waals surface area contributed by atoms with Gasteiger partial charge >= 0.3 is 0 Å². The van der Waals surface area contributed by atoms with E-state index >= 15 is 0 Å². The molecule has 0 atom stereocenters. The Hall–Kier alpha value is -3.07. The molecule has 8 nitrogen and oxygen atoms in total. The standard InChI is InChI=1S/C19H22N2O6S/c1-12(2)28(24,25)17-7-5-4-6-14(17)19(23)21-13-8-9-15(26-3)16(10-13)27-11-18(20)22/h4-10,12H,11H2,1-3H3,(H2,20,22)(H,21,23). The molecule has 2 aromatic carbocycles. The Labute approximate surface area is 163 Å². The molecule has 0 aliphatic carbocycles. The van der Waals surface area contributed by atoms with Crippen LogP contribution in [-0.4, -0.2) is 39.2 Å². The van der Waals surface area contributed by atoms with Crippen molar-refractivity contribution in [1.29, 1.82) is 0 Å². The minimum Gasteiger partial charge on any atom is -0.493 e. The Morgan fingerprint density at radius 1 is 1.11 bits per heavy atom. The van der Waals surface area contributed by atoms with Crippen molar-refractivity contribution in [1.82, 2.24) is 0 Å². The highest BCUT2D eigenvalue weighted by atomic mass is 32.2. The second kappa shape index (κ2) is 8.75. The molecule has 3 N–H and O–H groups in total. The van der Waals surface area contributed by atoms with Crippen LogP contribution in [0.5, 0.6) is 11.5 Å². The highest BCUT2D eigenvalue weighted by Crippen LogP contribution is 2.31. The summed E-state index contributed by atoms with van der Waals surface area (Å²) in [5.74, 6) is -0.695. The second-order valence-corrected chi connectivity index (χ2v) is 8.64. The number of carbonyl (C=O) groups excluding carboxylic acids is 2. The molecule has 0 aliphatic rings. The number of sulfone groups is 1. The van der Waals surface area contributed by atoms with Crippen molar-refractivity contribution < 1.29 is 27.5 Å². The SMILES string of the molecule is COc1ccc(NC(=O)c2ccccc2S(=O)(=O)C(C)C)cc1OCC(N)=O. The maximum absolute atomic E-state index is 12.7. The zero-order chi connectivity index (χ0) is 20.9. The minimum absolute atomic E-state index is 0.0339. The Bertz CT molecular complexity index is 986. The van der Waals surface area contributed by atoms with Crippen LogP contribution in [0.2, 0.25) is 0 Å². The molecule has 0 saturated heterocycles. The van der Waals surface area contributed by atoms with E-state index in [0.29, 0.717) is 11.4 Å². The van der Waals surface area contributed by atoms with Crippen LogP contribution in [0.3, 0.4) is 0 Å². The van der Waals surface area contributed by atoms with Gasteiger partial charge < -0.3 is 20.5 Å². The lowest BCUT2D eigenvalue weighted by Crippen LogP contribution is -2.21. The predicted octanol–water partition coefficient (Wildman–Crippen LogP) is 1.99. The van der Waals surface area contributed by atoms with Gasteiger partial charge in [0.1, 0.15) is 0 Å². The van der Waals surface area contributed by atoms with Crippen molar-refractivity contribution in [3.8, 4) is 11.5 Å². The summed E-state index contributed by atoms with van der Waals surface area (Å²) >= 11 is 0. The summed E-state index contributed by atoms with van der Waals surface area (Å²) in [5, 5.41) is 1.96. The molecule has 0 bridgehead atoms. The van der Waals surface area contributed by atoms with Gasteiger partial charge in [-0.3, -0.25) is 9.59 Å². The van der Waals surface area contributed by atoms with Crippen LogP contribution < -0.4 is 20.5 Å². The summed E-state index contributed by atoms with van der Waals surface area (Å²) in [6, 6.07) is 10.6. The molecule has 0 unspecified atom stereocenters. The monoisotopic (exact) mass is 406 g/mol. The number of nitrogens with one attached hydrogen (secondary N) is 1. The summed E-state index contributed by atoms with van der Waals surface area (Å²) < 4.78 is 35.5. The molecule has 0 saturated carbocycles. The van der Waals surface area contributed by atoms with Gasteiger partial charge in [-0.1, -0.05) is 12.1 Å². The van der Waals surface area contributed by atoms with Crippen LogP contribution in [0.15, 0.2) is 47.4 Å². The van der Waals surface area contributed by atoms with E-state index in [4.69, 9.17) is 15.2 Å². The molecule has 2 amide bonds. The lowest BCUT2D eigenvalue weighted by Gasteiger charge is -2.14. The van der Waals surface area contributed by atoms with Gasteiger partial charge in [0.25, 0.3) is 11.8 Å². The van der Waals surface area contributed by atoms with Crippen LogP contribution in [-0.2, 0) is 14.6 Å². The van der Waals surface area contributed by atoms with E-state index in [1.165, 1.54) is 25.3 Å². The largest absolute Gasteiger partial charge is 0.493 e. The first kappa shape index (κ1) is 21.2. The first-order valence-corrected chi connectivity index (χ1v) is 9.95. The van der Waals surface area contributed by atoms with Crippen molar-refractivity contribution in [2.45, 2.75) is 24.0 Å². The number of benzene rings is 2. The second-order valence-electron chi connectivity index (χ2n) is 6.16.